The van der Waals surface area contributed by atoms with Crippen LogP contribution in [-0.4, -0.2) is 43.6 Å². The van der Waals surface area contributed by atoms with Gasteiger partial charge in [-0.15, -0.1) is 0 Å². The summed E-state index contributed by atoms with van der Waals surface area (Å²) in [6, 6.07) is 6.48. The molecule has 0 heterocycles. The van der Waals surface area contributed by atoms with Crippen molar-refractivity contribution in [1.82, 2.24) is 4.31 Å². The molecule has 1 rings (SSSR count). The van der Waals surface area contributed by atoms with Crippen LogP contribution in [-0.2, 0) is 10.0 Å². The van der Waals surface area contributed by atoms with Gasteiger partial charge in [0, 0.05) is 12.6 Å². The zero-order valence-electron chi connectivity index (χ0n) is 16.0. The van der Waals surface area contributed by atoms with Crippen molar-refractivity contribution in [3.8, 4) is 0 Å². The van der Waals surface area contributed by atoms with Crippen LogP contribution in [0.15, 0.2) is 29.2 Å². The van der Waals surface area contributed by atoms with Crippen molar-refractivity contribution in [3.05, 3.63) is 29.8 Å². The van der Waals surface area contributed by atoms with Crippen LogP contribution >= 0.6 is 0 Å². The number of nitrogens with two attached hydrogens (primary N) is 1. The Kier molecular flexibility index (Phi) is 9.07. The summed E-state index contributed by atoms with van der Waals surface area (Å²) < 4.78 is 27.8. The van der Waals surface area contributed by atoms with E-state index in [4.69, 9.17) is 5.73 Å². The maximum absolute atomic E-state index is 13.2. The van der Waals surface area contributed by atoms with E-state index >= 15 is 0 Å². The lowest BCUT2D eigenvalue weighted by Crippen LogP contribution is -2.43. The SMILES string of the molecule is Cc1ccc(S(=O)(=O)N(CCC(C)C)C(CO)CCC(C)CN)cc1. The first-order valence-electron chi connectivity index (χ1n) is 9.11. The van der Waals surface area contributed by atoms with E-state index < -0.39 is 16.1 Å². The molecule has 2 atom stereocenters. The van der Waals surface area contributed by atoms with Gasteiger partial charge < -0.3 is 10.8 Å². The van der Waals surface area contributed by atoms with E-state index in [-0.39, 0.29) is 11.5 Å². The van der Waals surface area contributed by atoms with Crippen LogP contribution in [0.3, 0.4) is 0 Å². The predicted octanol–water partition coefficient (Wildman–Crippen LogP) is 2.77. The van der Waals surface area contributed by atoms with Gasteiger partial charge in [-0.2, -0.15) is 4.31 Å². The van der Waals surface area contributed by atoms with Crippen molar-refractivity contribution in [2.24, 2.45) is 17.6 Å². The number of aryl methyl sites for hydroxylation is 1. The van der Waals surface area contributed by atoms with Crippen LogP contribution in [0.1, 0.15) is 45.6 Å². The minimum absolute atomic E-state index is 0.180. The lowest BCUT2D eigenvalue weighted by atomic mass is 10.0. The molecule has 0 radical (unpaired) electrons. The number of hydrogen-bond acceptors (Lipinski definition) is 4. The summed E-state index contributed by atoms with van der Waals surface area (Å²) in [7, 11) is -3.64. The number of hydrogen-bond donors (Lipinski definition) is 2. The van der Waals surface area contributed by atoms with Gasteiger partial charge in [-0.05, 0) is 56.7 Å². The molecule has 0 saturated heterocycles. The van der Waals surface area contributed by atoms with Gasteiger partial charge in [0.1, 0.15) is 0 Å². The molecular formula is C19H34N2O3S. The lowest BCUT2D eigenvalue weighted by Gasteiger charge is -2.31. The molecule has 0 aliphatic heterocycles. The molecule has 1 aromatic carbocycles. The second-order valence-corrected chi connectivity index (χ2v) is 9.26. The van der Waals surface area contributed by atoms with Crippen LogP contribution in [0.2, 0.25) is 0 Å². The molecule has 0 saturated carbocycles. The number of aliphatic hydroxyl groups excluding tert-OH is 1. The van der Waals surface area contributed by atoms with Gasteiger partial charge in [0.2, 0.25) is 10.0 Å². The normalized spacial score (nSPS) is 14.9. The third-order valence-electron chi connectivity index (χ3n) is 4.57. The van der Waals surface area contributed by atoms with Crippen LogP contribution in [0.25, 0.3) is 0 Å². The van der Waals surface area contributed by atoms with Crippen molar-refractivity contribution in [1.29, 1.82) is 0 Å². The minimum atomic E-state index is -3.64. The maximum atomic E-state index is 13.2. The third-order valence-corrected chi connectivity index (χ3v) is 6.53. The monoisotopic (exact) mass is 370 g/mol. The Bertz CT molecular complexity index is 600. The van der Waals surface area contributed by atoms with Crippen LogP contribution in [0, 0.1) is 18.8 Å². The van der Waals surface area contributed by atoms with Crippen LogP contribution in [0.4, 0.5) is 0 Å². The fourth-order valence-electron chi connectivity index (χ4n) is 2.65. The number of aliphatic hydroxyl groups is 1. The van der Waals surface area contributed by atoms with E-state index in [0.29, 0.717) is 31.3 Å². The molecule has 0 aliphatic rings. The number of benzene rings is 1. The van der Waals surface area contributed by atoms with Crippen LogP contribution < -0.4 is 5.73 Å². The molecule has 0 bridgehead atoms. The molecule has 0 fully saturated rings. The summed E-state index contributed by atoms with van der Waals surface area (Å²) in [4.78, 5) is 0.284. The first-order chi connectivity index (χ1) is 11.7. The Balaban J connectivity index is 3.09. The number of rotatable bonds is 11. The van der Waals surface area contributed by atoms with E-state index in [1.165, 1.54) is 4.31 Å². The van der Waals surface area contributed by atoms with E-state index in [2.05, 4.69) is 13.8 Å². The quantitative estimate of drug-likeness (QED) is 0.627. The summed E-state index contributed by atoms with van der Waals surface area (Å²) in [5.74, 6) is 0.695. The standard InChI is InChI=1S/C19H34N2O3S/c1-15(2)11-12-21(18(14-22)8-5-17(4)13-20)25(23,24)19-9-6-16(3)7-10-19/h6-7,9-10,15,17-18,22H,5,8,11-14,20H2,1-4H3. The second kappa shape index (κ2) is 10.3. The molecule has 0 aromatic heterocycles. The first-order valence-corrected chi connectivity index (χ1v) is 10.6. The largest absolute Gasteiger partial charge is 0.395 e. The highest BCUT2D eigenvalue weighted by Gasteiger charge is 2.31. The molecule has 0 amide bonds. The smallest absolute Gasteiger partial charge is 0.243 e. The highest BCUT2D eigenvalue weighted by Crippen LogP contribution is 2.23. The van der Waals surface area contributed by atoms with Crippen molar-refractivity contribution in [2.75, 3.05) is 19.7 Å². The zero-order chi connectivity index (χ0) is 19.0. The Morgan fingerprint density at radius 1 is 1.08 bits per heavy atom. The number of nitrogens with zero attached hydrogens (tertiary/aromatic N) is 1. The lowest BCUT2D eigenvalue weighted by molar-refractivity contribution is 0.169. The fourth-order valence-corrected chi connectivity index (χ4v) is 4.31. The third kappa shape index (κ3) is 6.70. The van der Waals surface area contributed by atoms with Crippen LogP contribution in [0.5, 0.6) is 0 Å². The van der Waals surface area contributed by atoms with Crippen molar-refractivity contribution in [2.45, 2.75) is 57.9 Å². The van der Waals surface area contributed by atoms with E-state index in [1.807, 2.05) is 13.8 Å². The predicted molar refractivity (Wildman–Crippen MR) is 103 cm³/mol. The van der Waals surface area contributed by atoms with Gasteiger partial charge in [0.05, 0.1) is 11.5 Å². The topological polar surface area (TPSA) is 83.6 Å². The number of sulfonamides is 1. The summed E-state index contributed by atoms with van der Waals surface area (Å²) >= 11 is 0. The highest BCUT2D eigenvalue weighted by molar-refractivity contribution is 7.89. The van der Waals surface area contributed by atoms with Gasteiger partial charge in [-0.1, -0.05) is 38.5 Å². The molecule has 0 aliphatic carbocycles. The first kappa shape index (κ1) is 22.1. The molecule has 1 aromatic rings. The summed E-state index contributed by atoms with van der Waals surface area (Å²) in [6.45, 7) is 8.91. The van der Waals surface area contributed by atoms with Gasteiger partial charge >= 0.3 is 0 Å². The maximum Gasteiger partial charge on any atom is 0.243 e. The summed E-state index contributed by atoms with van der Waals surface area (Å²) in [5.41, 5.74) is 6.69. The Hall–Kier alpha value is -0.950. The van der Waals surface area contributed by atoms with Gasteiger partial charge in [-0.3, -0.25) is 0 Å². The average molecular weight is 371 g/mol. The Morgan fingerprint density at radius 2 is 1.68 bits per heavy atom. The Labute approximate surface area is 153 Å². The second-order valence-electron chi connectivity index (χ2n) is 7.37. The summed E-state index contributed by atoms with van der Waals surface area (Å²) in [5, 5.41) is 9.86. The molecule has 0 spiro atoms. The molecule has 3 N–H and O–H groups in total. The summed E-state index contributed by atoms with van der Waals surface area (Å²) in [6.07, 6.45) is 2.16. The molecular weight excluding hydrogens is 336 g/mol. The van der Waals surface area contributed by atoms with Crippen molar-refractivity contribution >= 4 is 10.0 Å². The molecule has 25 heavy (non-hydrogen) atoms. The minimum Gasteiger partial charge on any atom is -0.395 e. The van der Waals surface area contributed by atoms with Crippen molar-refractivity contribution in [3.63, 3.8) is 0 Å². The van der Waals surface area contributed by atoms with E-state index in [1.54, 1.807) is 24.3 Å². The van der Waals surface area contributed by atoms with E-state index in [9.17, 15) is 13.5 Å². The van der Waals surface area contributed by atoms with E-state index in [0.717, 1.165) is 18.4 Å². The molecule has 6 heteroatoms. The Morgan fingerprint density at radius 3 is 2.16 bits per heavy atom. The highest BCUT2D eigenvalue weighted by atomic mass is 32.2. The zero-order valence-corrected chi connectivity index (χ0v) is 16.8. The molecule has 5 nitrogen and oxygen atoms in total. The molecule has 2 unspecified atom stereocenters. The average Bonchev–Trinajstić information content (AvgIpc) is 2.57. The molecule has 144 valence electrons. The van der Waals surface area contributed by atoms with Gasteiger partial charge in [0.15, 0.2) is 0 Å². The van der Waals surface area contributed by atoms with Crippen molar-refractivity contribution < 1.29 is 13.5 Å². The fraction of sp³-hybridized carbons (Fsp3) is 0.684. The van der Waals surface area contributed by atoms with Gasteiger partial charge in [-0.25, -0.2) is 8.42 Å². The van der Waals surface area contributed by atoms with Gasteiger partial charge in [0.25, 0.3) is 0 Å².